The minimum atomic E-state index is -0.316. The minimum absolute atomic E-state index is 0.260. The van der Waals surface area contributed by atoms with Gasteiger partial charge in [0.1, 0.15) is 5.82 Å². The number of amides is 2. The second-order valence-corrected chi connectivity index (χ2v) is 9.84. The maximum absolute atomic E-state index is 13.1. The van der Waals surface area contributed by atoms with Gasteiger partial charge in [-0.3, -0.25) is 9.59 Å². The number of carbonyl (C=O) groups excluding carboxylic acids is 2. The van der Waals surface area contributed by atoms with Crippen LogP contribution in [0.4, 0.5) is 28.6 Å². The lowest BCUT2D eigenvalue weighted by atomic mass is 10.1. The number of nitrogens with one attached hydrogen (secondary N) is 2. The number of benzene rings is 2. The highest BCUT2D eigenvalue weighted by Gasteiger charge is 2.16. The van der Waals surface area contributed by atoms with Crippen LogP contribution in [0.25, 0.3) is 0 Å². The van der Waals surface area contributed by atoms with E-state index in [2.05, 4.69) is 30.3 Å². The van der Waals surface area contributed by atoms with Gasteiger partial charge in [0.2, 0.25) is 0 Å². The third-order valence-electron chi connectivity index (χ3n) is 6.54. The van der Waals surface area contributed by atoms with Crippen molar-refractivity contribution in [2.24, 2.45) is 0 Å². The van der Waals surface area contributed by atoms with Crippen LogP contribution >= 0.6 is 0 Å². The molecule has 0 saturated carbocycles. The molecule has 10 heteroatoms. The van der Waals surface area contributed by atoms with E-state index in [0.29, 0.717) is 41.4 Å². The van der Waals surface area contributed by atoms with Gasteiger partial charge in [0.15, 0.2) is 0 Å². The second kappa shape index (κ2) is 13.1. The molecule has 39 heavy (non-hydrogen) atoms. The predicted octanol–water partition coefficient (Wildman–Crippen LogP) is 3.39. The van der Waals surface area contributed by atoms with Crippen LogP contribution in [0, 0.1) is 0 Å². The Labute approximate surface area is 229 Å². The monoisotopic (exact) mass is 531 g/mol. The zero-order valence-electron chi connectivity index (χ0n) is 22.8. The zero-order valence-corrected chi connectivity index (χ0v) is 22.8. The molecule has 4 N–H and O–H groups in total. The third-order valence-corrected chi connectivity index (χ3v) is 6.54. The van der Waals surface area contributed by atoms with Gasteiger partial charge < -0.3 is 35.8 Å². The van der Waals surface area contributed by atoms with Crippen molar-refractivity contribution in [3.8, 4) is 0 Å². The Bertz CT molecular complexity index is 1290. The van der Waals surface area contributed by atoms with Gasteiger partial charge in [0, 0.05) is 61.2 Å². The van der Waals surface area contributed by atoms with Crippen LogP contribution in [0.3, 0.4) is 0 Å². The van der Waals surface area contributed by atoms with E-state index in [4.69, 9.17) is 10.5 Å². The van der Waals surface area contributed by atoms with Crippen molar-refractivity contribution in [3.63, 3.8) is 0 Å². The van der Waals surface area contributed by atoms with Crippen LogP contribution in [0.5, 0.6) is 0 Å². The summed E-state index contributed by atoms with van der Waals surface area (Å²) in [6, 6.07) is 16.0. The summed E-state index contributed by atoms with van der Waals surface area (Å²) in [5, 5.41) is 5.81. The van der Waals surface area contributed by atoms with Crippen molar-refractivity contribution >= 4 is 40.4 Å². The molecular weight excluding hydrogens is 494 g/mol. The molecular formula is C29H37N7O3. The molecule has 0 spiro atoms. The lowest BCUT2D eigenvalue weighted by molar-refractivity contribution is 0.101. The molecule has 1 aromatic heterocycles. The number of morpholine rings is 1. The Kier molecular flexibility index (Phi) is 9.35. The summed E-state index contributed by atoms with van der Waals surface area (Å²) < 4.78 is 5.40. The van der Waals surface area contributed by atoms with Crippen molar-refractivity contribution in [2.75, 3.05) is 86.7 Å². The molecule has 1 fully saturated rings. The van der Waals surface area contributed by atoms with E-state index in [1.165, 1.54) is 0 Å². The first kappa shape index (κ1) is 27.9. The Morgan fingerprint density at radius 3 is 2.38 bits per heavy atom. The molecule has 10 nitrogen and oxygen atoms in total. The number of hydrogen-bond acceptors (Lipinski definition) is 8. The molecule has 0 radical (unpaired) electrons. The first-order chi connectivity index (χ1) is 18.8. The molecule has 3 aromatic rings. The van der Waals surface area contributed by atoms with Crippen molar-refractivity contribution in [2.45, 2.75) is 6.42 Å². The summed E-state index contributed by atoms with van der Waals surface area (Å²) in [4.78, 5) is 36.9. The molecule has 0 bridgehead atoms. The molecule has 1 aliphatic heterocycles. The lowest BCUT2D eigenvalue weighted by Crippen LogP contribution is -2.36. The summed E-state index contributed by atoms with van der Waals surface area (Å²) in [5.41, 5.74) is 9.47. The number of hydrogen-bond donors (Lipinski definition) is 3. The van der Waals surface area contributed by atoms with Gasteiger partial charge in [-0.1, -0.05) is 6.07 Å². The van der Waals surface area contributed by atoms with Crippen LogP contribution in [-0.2, 0) is 4.74 Å². The van der Waals surface area contributed by atoms with Crippen molar-refractivity contribution < 1.29 is 14.3 Å². The smallest absolute Gasteiger partial charge is 0.257 e. The predicted molar refractivity (Wildman–Crippen MR) is 157 cm³/mol. The summed E-state index contributed by atoms with van der Waals surface area (Å²) in [5.74, 6) is 0.170. The fraction of sp³-hybridized carbons (Fsp3) is 0.345. The number of nitrogens with two attached hydrogens (primary N) is 1. The molecule has 4 rings (SSSR count). The molecule has 0 aliphatic carbocycles. The first-order valence-electron chi connectivity index (χ1n) is 13.1. The molecule has 1 aliphatic rings. The van der Waals surface area contributed by atoms with E-state index in [0.717, 1.165) is 44.1 Å². The fourth-order valence-electron chi connectivity index (χ4n) is 4.33. The summed E-state index contributed by atoms with van der Waals surface area (Å²) >= 11 is 0. The quantitative estimate of drug-likeness (QED) is 0.341. The van der Waals surface area contributed by atoms with Crippen LogP contribution in [-0.4, -0.2) is 82.2 Å². The lowest BCUT2D eigenvalue weighted by Gasteiger charge is -2.27. The van der Waals surface area contributed by atoms with Crippen molar-refractivity contribution in [1.82, 2.24) is 9.88 Å². The van der Waals surface area contributed by atoms with Gasteiger partial charge in [-0.15, -0.1) is 0 Å². The number of nitrogens with zero attached hydrogens (tertiary/aromatic N) is 4. The molecule has 1 saturated heterocycles. The molecule has 2 aromatic carbocycles. The number of nitrogen functional groups attached to an aromatic ring is 1. The third kappa shape index (κ3) is 7.68. The van der Waals surface area contributed by atoms with Gasteiger partial charge in [-0.2, -0.15) is 0 Å². The standard InChI is InChI=1S/C29H37N7O3/c1-34(2)12-5-13-35(3)24-8-9-26(30)25(20-24)29(38)33-23-7-4-6-22(19-23)32-28(37)21-10-11-31-27(18-21)36-14-16-39-17-15-36/h4,6-11,18-20H,5,12-17,30H2,1-3H3,(H,32,37)(H,33,38). The largest absolute Gasteiger partial charge is 0.398 e. The van der Waals surface area contributed by atoms with Gasteiger partial charge >= 0.3 is 0 Å². The summed E-state index contributed by atoms with van der Waals surface area (Å²) in [6.45, 7) is 4.59. The highest BCUT2D eigenvalue weighted by molar-refractivity contribution is 6.09. The maximum atomic E-state index is 13.1. The Morgan fingerprint density at radius 1 is 0.949 bits per heavy atom. The van der Waals surface area contributed by atoms with Crippen molar-refractivity contribution in [3.05, 3.63) is 71.9 Å². The molecule has 0 atom stereocenters. The number of carbonyl (C=O) groups is 2. The average Bonchev–Trinajstić information content (AvgIpc) is 2.93. The summed E-state index contributed by atoms with van der Waals surface area (Å²) in [7, 11) is 6.10. The highest BCUT2D eigenvalue weighted by Crippen LogP contribution is 2.23. The number of ether oxygens (including phenoxy) is 1. The van der Waals surface area contributed by atoms with Gasteiger partial charge in [-0.25, -0.2) is 4.98 Å². The number of rotatable bonds is 10. The van der Waals surface area contributed by atoms with E-state index in [1.54, 1.807) is 54.7 Å². The van der Waals surface area contributed by atoms with Crippen LogP contribution in [0.15, 0.2) is 60.8 Å². The van der Waals surface area contributed by atoms with Crippen LogP contribution in [0.1, 0.15) is 27.1 Å². The van der Waals surface area contributed by atoms with E-state index in [9.17, 15) is 9.59 Å². The Morgan fingerprint density at radius 2 is 1.67 bits per heavy atom. The van der Waals surface area contributed by atoms with Gasteiger partial charge in [-0.05, 0) is 75.6 Å². The maximum Gasteiger partial charge on any atom is 0.257 e. The molecule has 2 amide bonds. The zero-order chi connectivity index (χ0) is 27.8. The minimum Gasteiger partial charge on any atom is -0.398 e. The number of pyridine rings is 1. The average molecular weight is 532 g/mol. The normalized spacial score (nSPS) is 13.3. The van der Waals surface area contributed by atoms with E-state index < -0.39 is 0 Å². The Hall–Kier alpha value is -4.15. The van der Waals surface area contributed by atoms with Gasteiger partial charge in [0.05, 0.1) is 18.8 Å². The Balaban J connectivity index is 1.41. The molecule has 2 heterocycles. The van der Waals surface area contributed by atoms with E-state index >= 15 is 0 Å². The van der Waals surface area contributed by atoms with Gasteiger partial charge in [0.25, 0.3) is 11.8 Å². The second-order valence-electron chi connectivity index (χ2n) is 9.84. The number of anilines is 5. The van der Waals surface area contributed by atoms with E-state index in [1.807, 2.05) is 27.2 Å². The first-order valence-corrected chi connectivity index (χ1v) is 13.1. The topological polar surface area (TPSA) is 116 Å². The highest BCUT2D eigenvalue weighted by atomic mass is 16.5. The molecule has 206 valence electrons. The van der Waals surface area contributed by atoms with E-state index in [-0.39, 0.29) is 11.8 Å². The molecule has 0 unspecified atom stereocenters. The summed E-state index contributed by atoms with van der Waals surface area (Å²) in [6.07, 6.45) is 2.64. The van der Waals surface area contributed by atoms with Crippen LogP contribution in [0.2, 0.25) is 0 Å². The SMILES string of the molecule is CN(C)CCCN(C)c1ccc(N)c(C(=O)Nc2cccc(NC(=O)c3ccnc(N4CCOCC4)c3)c2)c1. The fourth-order valence-corrected chi connectivity index (χ4v) is 4.33. The number of aromatic nitrogens is 1. The van der Waals surface area contributed by atoms with Crippen LogP contribution < -0.4 is 26.2 Å². The van der Waals surface area contributed by atoms with Crippen molar-refractivity contribution in [1.29, 1.82) is 0 Å².